The van der Waals surface area contributed by atoms with Crippen LogP contribution < -0.4 is 0 Å². The van der Waals surface area contributed by atoms with Gasteiger partial charge in [0.1, 0.15) is 0 Å². The Balaban J connectivity index is 2.28. The maximum Gasteiger partial charge on any atom is 0.303 e. The van der Waals surface area contributed by atoms with Gasteiger partial charge in [-0.15, -0.1) is 0 Å². The summed E-state index contributed by atoms with van der Waals surface area (Å²) in [7, 11) is 0. The zero-order chi connectivity index (χ0) is 13.7. The van der Waals surface area contributed by atoms with Crippen LogP contribution in [-0.4, -0.2) is 11.1 Å². The molecular formula is C16H15IO2. The Morgan fingerprint density at radius 3 is 2.37 bits per heavy atom. The number of aliphatic carboxylic acids is 1. The van der Waals surface area contributed by atoms with Gasteiger partial charge in [0.25, 0.3) is 0 Å². The van der Waals surface area contributed by atoms with Gasteiger partial charge >= 0.3 is 5.97 Å². The Labute approximate surface area is 126 Å². The van der Waals surface area contributed by atoms with Gasteiger partial charge in [-0.25, -0.2) is 0 Å². The van der Waals surface area contributed by atoms with Crippen LogP contribution in [0.4, 0.5) is 0 Å². The van der Waals surface area contributed by atoms with Gasteiger partial charge in [-0.05, 0) is 23.1 Å². The molecule has 2 aromatic carbocycles. The molecule has 19 heavy (non-hydrogen) atoms. The summed E-state index contributed by atoms with van der Waals surface area (Å²) in [6.07, 6.45) is 0.858. The summed E-state index contributed by atoms with van der Waals surface area (Å²) in [5.41, 5.74) is 3.57. The van der Waals surface area contributed by atoms with E-state index in [2.05, 4.69) is 46.9 Å². The van der Waals surface area contributed by atoms with Gasteiger partial charge in [-0.2, -0.15) is 0 Å². The summed E-state index contributed by atoms with van der Waals surface area (Å²) in [6, 6.07) is 18.4. The summed E-state index contributed by atoms with van der Waals surface area (Å²) < 4.78 is 0.213. The largest absolute Gasteiger partial charge is 0.481 e. The van der Waals surface area contributed by atoms with Crippen molar-refractivity contribution in [2.75, 3.05) is 0 Å². The third-order valence-corrected chi connectivity index (χ3v) is 4.29. The molecule has 0 aliphatic heterocycles. The Morgan fingerprint density at radius 2 is 1.68 bits per heavy atom. The minimum absolute atomic E-state index is 0.205. The first-order valence-electron chi connectivity index (χ1n) is 6.18. The molecule has 98 valence electrons. The van der Waals surface area contributed by atoms with Crippen LogP contribution in [0.15, 0.2) is 54.6 Å². The molecular weight excluding hydrogens is 351 g/mol. The second-order valence-corrected chi connectivity index (χ2v) is 5.86. The number of carbonyl (C=O) groups is 1. The molecule has 0 aliphatic rings. The fraction of sp³-hybridized carbons (Fsp3) is 0.188. The van der Waals surface area contributed by atoms with Gasteiger partial charge in [-0.3, -0.25) is 4.79 Å². The molecule has 3 heteroatoms. The van der Waals surface area contributed by atoms with Gasteiger partial charge in [0, 0.05) is 10.3 Å². The molecule has 1 unspecified atom stereocenters. The molecule has 0 amide bonds. The predicted molar refractivity (Wildman–Crippen MR) is 85.5 cm³/mol. The molecule has 0 fully saturated rings. The van der Waals surface area contributed by atoms with Crippen molar-refractivity contribution in [2.45, 2.75) is 16.8 Å². The first kappa shape index (κ1) is 14.1. The highest BCUT2D eigenvalue weighted by atomic mass is 127. The molecule has 0 aromatic heterocycles. The van der Waals surface area contributed by atoms with Crippen LogP contribution in [0.5, 0.6) is 0 Å². The monoisotopic (exact) mass is 366 g/mol. The fourth-order valence-corrected chi connectivity index (χ4v) is 2.91. The van der Waals surface area contributed by atoms with Crippen LogP contribution in [0.25, 0.3) is 11.1 Å². The minimum Gasteiger partial charge on any atom is -0.481 e. The third kappa shape index (κ3) is 3.80. The van der Waals surface area contributed by atoms with Gasteiger partial charge in [-0.1, -0.05) is 77.2 Å². The second kappa shape index (κ2) is 6.70. The van der Waals surface area contributed by atoms with Crippen molar-refractivity contribution in [1.82, 2.24) is 0 Å². The maximum absolute atomic E-state index is 10.7. The summed E-state index contributed by atoms with van der Waals surface area (Å²) in [5, 5.41) is 8.79. The number of alkyl halides is 1. The Bertz CT molecular complexity index is 552. The number of hydrogen-bond acceptors (Lipinski definition) is 1. The number of benzene rings is 2. The lowest BCUT2D eigenvalue weighted by molar-refractivity contribution is -0.137. The van der Waals surface area contributed by atoms with E-state index in [9.17, 15) is 4.79 Å². The van der Waals surface area contributed by atoms with Crippen molar-refractivity contribution in [3.8, 4) is 11.1 Å². The maximum atomic E-state index is 10.7. The standard InChI is InChI=1S/C16H15IO2/c17-15(10-11-16(18)19)14-9-5-4-8-13(14)12-6-2-1-3-7-12/h1-9,15H,10-11H2,(H,18,19). The van der Waals surface area contributed by atoms with Gasteiger partial charge in [0.15, 0.2) is 0 Å². The molecule has 0 bridgehead atoms. The zero-order valence-corrected chi connectivity index (χ0v) is 12.6. The van der Waals surface area contributed by atoms with Crippen LogP contribution >= 0.6 is 22.6 Å². The number of hydrogen-bond donors (Lipinski definition) is 1. The normalized spacial score (nSPS) is 12.1. The van der Waals surface area contributed by atoms with Crippen molar-refractivity contribution >= 4 is 28.6 Å². The first-order valence-corrected chi connectivity index (χ1v) is 7.43. The smallest absolute Gasteiger partial charge is 0.303 e. The van der Waals surface area contributed by atoms with E-state index in [0.717, 1.165) is 0 Å². The molecule has 0 heterocycles. The highest BCUT2D eigenvalue weighted by Gasteiger charge is 2.14. The second-order valence-electron chi connectivity index (χ2n) is 4.35. The van der Waals surface area contributed by atoms with Crippen molar-refractivity contribution < 1.29 is 9.90 Å². The number of carboxylic acid groups (broad SMARTS) is 1. The van der Waals surface area contributed by atoms with Gasteiger partial charge in [0.05, 0.1) is 0 Å². The van der Waals surface area contributed by atoms with Crippen LogP contribution in [0.3, 0.4) is 0 Å². The highest BCUT2D eigenvalue weighted by molar-refractivity contribution is 14.1. The quantitative estimate of drug-likeness (QED) is 0.616. The highest BCUT2D eigenvalue weighted by Crippen LogP contribution is 2.35. The van der Waals surface area contributed by atoms with E-state index in [-0.39, 0.29) is 10.3 Å². The molecule has 1 N–H and O–H groups in total. The van der Waals surface area contributed by atoms with E-state index in [0.29, 0.717) is 6.42 Å². The van der Waals surface area contributed by atoms with Gasteiger partial charge in [0.2, 0.25) is 0 Å². The van der Waals surface area contributed by atoms with E-state index < -0.39 is 5.97 Å². The summed E-state index contributed by atoms with van der Waals surface area (Å²) in [5.74, 6) is -0.737. The topological polar surface area (TPSA) is 37.3 Å². The number of carboxylic acids is 1. The van der Waals surface area contributed by atoms with E-state index in [1.165, 1.54) is 16.7 Å². The molecule has 0 saturated heterocycles. The molecule has 0 saturated carbocycles. The van der Waals surface area contributed by atoms with Crippen LogP contribution in [0.1, 0.15) is 22.3 Å². The van der Waals surface area contributed by atoms with E-state index >= 15 is 0 Å². The van der Waals surface area contributed by atoms with E-state index in [1.807, 2.05) is 30.3 Å². The van der Waals surface area contributed by atoms with Gasteiger partial charge < -0.3 is 5.11 Å². The van der Waals surface area contributed by atoms with Crippen LogP contribution in [0, 0.1) is 0 Å². The minimum atomic E-state index is -0.737. The van der Waals surface area contributed by atoms with Crippen molar-refractivity contribution in [2.24, 2.45) is 0 Å². The Hall–Kier alpha value is -1.36. The average molecular weight is 366 g/mol. The molecule has 0 radical (unpaired) electrons. The summed E-state index contributed by atoms with van der Waals surface area (Å²) in [6.45, 7) is 0. The summed E-state index contributed by atoms with van der Waals surface area (Å²) >= 11 is 2.33. The molecule has 0 aliphatic carbocycles. The SMILES string of the molecule is O=C(O)CCC(I)c1ccccc1-c1ccccc1. The molecule has 1 atom stereocenters. The average Bonchev–Trinajstić information content (AvgIpc) is 2.45. The van der Waals surface area contributed by atoms with Crippen molar-refractivity contribution in [3.63, 3.8) is 0 Å². The Morgan fingerprint density at radius 1 is 1.05 bits per heavy atom. The summed E-state index contributed by atoms with van der Waals surface area (Å²) in [4.78, 5) is 10.7. The lowest BCUT2D eigenvalue weighted by atomic mass is 9.96. The van der Waals surface area contributed by atoms with E-state index in [1.54, 1.807) is 0 Å². The Kier molecular flexibility index (Phi) is 4.96. The lowest BCUT2D eigenvalue weighted by Crippen LogP contribution is -1.99. The third-order valence-electron chi connectivity index (χ3n) is 2.99. The molecule has 2 nitrogen and oxygen atoms in total. The number of halogens is 1. The molecule has 0 spiro atoms. The predicted octanol–water partition coefficient (Wildman–Crippen LogP) is 4.69. The van der Waals surface area contributed by atoms with Crippen LogP contribution in [-0.2, 0) is 4.79 Å². The molecule has 2 rings (SSSR count). The fourth-order valence-electron chi connectivity index (χ4n) is 2.06. The molecule has 2 aromatic rings. The first-order chi connectivity index (χ1) is 9.18. The van der Waals surface area contributed by atoms with Crippen LogP contribution in [0.2, 0.25) is 0 Å². The van der Waals surface area contributed by atoms with E-state index in [4.69, 9.17) is 5.11 Å². The lowest BCUT2D eigenvalue weighted by Gasteiger charge is -2.14. The van der Waals surface area contributed by atoms with Crippen molar-refractivity contribution in [3.05, 3.63) is 60.2 Å². The number of rotatable bonds is 5. The van der Waals surface area contributed by atoms with Crippen molar-refractivity contribution in [1.29, 1.82) is 0 Å². The zero-order valence-electron chi connectivity index (χ0n) is 10.4.